The molecule has 0 aliphatic heterocycles. The van der Waals surface area contributed by atoms with Crippen LogP contribution in [0.15, 0.2) is 34.9 Å². The molecule has 18 heavy (non-hydrogen) atoms. The first-order chi connectivity index (χ1) is 8.60. The summed E-state index contributed by atoms with van der Waals surface area (Å²) < 4.78 is 0.843. The van der Waals surface area contributed by atoms with Crippen LogP contribution in [0.5, 0.6) is 0 Å². The van der Waals surface area contributed by atoms with Gasteiger partial charge >= 0.3 is 0 Å². The molecule has 0 N–H and O–H groups in total. The van der Waals surface area contributed by atoms with E-state index in [0.29, 0.717) is 5.92 Å². The van der Waals surface area contributed by atoms with Crippen LogP contribution < -0.4 is 0 Å². The highest BCUT2D eigenvalue weighted by Gasteiger charge is 2.08. The predicted molar refractivity (Wildman–Crippen MR) is 78.6 cm³/mol. The van der Waals surface area contributed by atoms with E-state index < -0.39 is 0 Å². The Kier molecular flexibility index (Phi) is 4.12. The summed E-state index contributed by atoms with van der Waals surface area (Å²) in [6.45, 7) is 6.37. The monoisotopic (exact) mass is 304 g/mol. The first kappa shape index (κ1) is 13.2. The second-order valence-corrected chi connectivity index (χ2v) is 5.45. The fourth-order valence-electron chi connectivity index (χ4n) is 1.75. The Hall–Kier alpha value is -1.22. The van der Waals surface area contributed by atoms with Gasteiger partial charge in [0.2, 0.25) is 0 Å². The minimum absolute atomic E-state index is 0.330. The topological polar surface area (TPSA) is 25.8 Å². The van der Waals surface area contributed by atoms with E-state index >= 15 is 0 Å². The van der Waals surface area contributed by atoms with Crippen LogP contribution >= 0.6 is 15.9 Å². The Labute approximate surface area is 117 Å². The van der Waals surface area contributed by atoms with Gasteiger partial charge in [-0.3, -0.25) is 0 Å². The van der Waals surface area contributed by atoms with Gasteiger partial charge in [-0.05, 0) is 34.0 Å². The number of benzene rings is 1. The van der Waals surface area contributed by atoms with Gasteiger partial charge in [-0.1, -0.05) is 45.0 Å². The molecule has 0 aliphatic rings. The van der Waals surface area contributed by atoms with Gasteiger partial charge in [0.25, 0.3) is 0 Å². The molecule has 2 aromatic rings. The number of halogens is 1. The van der Waals surface area contributed by atoms with Crippen molar-refractivity contribution in [2.75, 3.05) is 0 Å². The minimum Gasteiger partial charge on any atom is -0.233 e. The van der Waals surface area contributed by atoms with Gasteiger partial charge in [0.15, 0.2) is 0 Å². The van der Waals surface area contributed by atoms with E-state index in [1.807, 2.05) is 6.07 Å². The molecule has 3 heteroatoms. The lowest BCUT2D eigenvalue weighted by Crippen LogP contribution is -1.99. The Bertz CT molecular complexity index is 533. The minimum atomic E-state index is 0.330. The summed E-state index contributed by atoms with van der Waals surface area (Å²) in [5.41, 5.74) is 3.45. The molecule has 1 aromatic heterocycles. The largest absolute Gasteiger partial charge is 0.233 e. The SMILES string of the molecule is CCc1ccc(-c2cc(Br)nc(C(C)C)n2)cc1. The van der Waals surface area contributed by atoms with Crippen LogP contribution in [0.3, 0.4) is 0 Å². The van der Waals surface area contributed by atoms with Gasteiger partial charge in [0.05, 0.1) is 5.69 Å². The van der Waals surface area contributed by atoms with E-state index in [9.17, 15) is 0 Å². The summed E-state index contributed by atoms with van der Waals surface area (Å²) in [7, 11) is 0. The molecule has 1 heterocycles. The van der Waals surface area contributed by atoms with Crippen LogP contribution in [0, 0.1) is 0 Å². The summed E-state index contributed by atoms with van der Waals surface area (Å²) >= 11 is 3.46. The third-order valence-corrected chi connectivity index (χ3v) is 3.29. The molecule has 0 bridgehead atoms. The van der Waals surface area contributed by atoms with Gasteiger partial charge in [0, 0.05) is 11.5 Å². The van der Waals surface area contributed by atoms with Crippen LogP contribution in [-0.4, -0.2) is 9.97 Å². The van der Waals surface area contributed by atoms with Crippen LogP contribution in [0.25, 0.3) is 11.3 Å². The third kappa shape index (κ3) is 2.96. The number of hydrogen-bond acceptors (Lipinski definition) is 2. The highest BCUT2D eigenvalue weighted by Crippen LogP contribution is 2.23. The first-order valence-corrected chi connectivity index (χ1v) is 7.03. The highest BCUT2D eigenvalue weighted by atomic mass is 79.9. The van der Waals surface area contributed by atoms with Crippen LogP contribution in [-0.2, 0) is 6.42 Å². The molecule has 94 valence electrons. The molecule has 0 radical (unpaired) electrons. The zero-order valence-electron chi connectivity index (χ0n) is 10.9. The molecule has 0 amide bonds. The molecular weight excluding hydrogens is 288 g/mol. The average molecular weight is 305 g/mol. The molecule has 0 spiro atoms. The van der Waals surface area contributed by atoms with E-state index in [2.05, 4.69) is 70.9 Å². The maximum atomic E-state index is 4.62. The zero-order valence-corrected chi connectivity index (χ0v) is 12.5. The summed E-state index contributed by atoms with van der Waals surface area (Å²) in [5, 5.41) is 0. The summed E-state index contributed by atoms with van der Waals surface area (Å²) in [5.74, 6) is 1.20. The summed E-state index contributed by atoms with van der Waals surface area (Å²) in [6.07, 6.45) is 1.06. The second kappa shape index (κ2) is 5.61. The number of nitrogens with zero attached hydrogens (tertiary/aromatic N) is 2. The van der Waals surface area contributed by atoms with E-state index in [4.69, 9.17) is 0 Å². The van der Waals surface area contributed by atoms with Crippen molar-refractivity contribution >= 4 is 15.9 Å². The zero-order chi connectivity index (χ0) is 13.1. The van der Waals surface area contributed by atoms with Crippen molar-refractivity contribution in [3.63, 3.8) is 0 Å². The van der Waals surface area contributed by atoms with E-state index in [1.165, 1.54) is 5.56 Å². The molecule has 0 aliphatic carbocycles. The fourth-order valence-corrected chi connectivity index (χ4v) is 2.15. The number of aromatic nitrogens is 2. The standard InChI is InChI=1S/C15H17BrN2/c1-4-11-5-7-12(8-6-11)13-9-14(16)18-15(17-13)10(2)3/h5-10H,4H2,1-3H3. The third-order valence-electron chi connectivity index (χ3n) is 2.89. The fraction of sp³-hybridized carbons (Fsp3) is 0.333. The number of rotatable bonds is 3. The summed E-state index contributed by atoms with van der Waals surface area (Å²) in [4.78, 5) is 9.02. The van der Waals surface area contributed by atoms with Gasteiger partial charge in [-0.15, -0.1) is 0 Å². The normalized spacial score (nSPS) is 10.9. The first-order valence-electron chi connectivity index (χ1n) is 6.24. The molecule has 1 aromatic carbocycles. The van der Waals surface area contributed by atoms with Crippen LogP contribution in [0.1, 0.15) is 38.1 Å². The maximum absolute atomic E-state index is 4.62. The van der Waals surface area contributed by atoms with Crippen molar-refractivity contribution in [1.82, 2.24) is 9.97 Å². The van der Waals surface area contributed by atoms with E-state index in [0.717, 1.165) is 28.1 Å². The molecule has 0 saturated carbocycles. The quantitative estimate of drug-likeness (QED) is 0.775. The van der Waals surface area contributed by atoms with Crippen molar-refractivity contribution in [2.24, 2.45) is 0 Å². The van der Waals surface area contributed by atoms with E-state index in [1.54, 1.807) is 0 Å². The van der Waals surface area contributed by atoms with Crippen LogP contribution in [0.2, 0.25) is 0 Å². The lowest BCUT2D eigenvalue weighted by molar-refractivity contribution is 0.771. The molecule has 0 fully saturated rings. The van der Waals surface area contributed by atoms with Crippen molar-refractivity contribution in [1.29, 1.82) is 0 Å². The van der Waals surface area contributed by atoms with Crippen molar-refractivity contribution in [3.05, 3.63) is 46.3 Å². The smallest absolute Gasteiger partial charge is 0.132 e. The molecule has 0 saturated heterocycles. The van der Waals surface area contributed by atoms with Crippen molar-refractivity contribution in [3.8, 4) is 11.3 Å². The molecule has 0 atom stereocenters. The average Bonchev–Trinajstić information content (AvgIpc) is 2.38. The lowest BCUT2D eigenvalue weighted by atomic mass is 10.1. The lowest BCUT2D eigenvalue weighted by Gasteiger charge is -2.08. The Balaban J connectivity index is 2.42. The number of aryl methyl sites for hydroxylation is 1. The van der Waals surface area contributed by atoms with Crippen LogP contribution in [0.4, 0.5) is 0 Å². The van der Waals surface area contributed by atoms with Gasteiger partial charge in [-0.2, -0.15) is 0 Å². The maximum Gasteiger partial charge on any atom is 0.132 e. The highest BCUT2D eigenvalue weighted by molar-refractivity contribution is 9.10. The van der Waals surface area contributed by atoms with Crippen molar-refractivity contribution in [2.45, 2.75) is 33.1 Å². The molecule has 2 nitrogen and oxygen atoms in total. The molecule has 2 rings (SSSR count). The Morgan fingerprint density at radius 3 is 2.33 bits per heavy atom. The predicted octanol–water partition coefficient (Wildman–Crippen LogP) is 4.59. The number of hydrogen-bond donors (Lipinski definition) is 0. The van der Waals surface area contributed by atoms with Gasteiger partial charge in [0.1, 0.15) is 10.4 Å². The van der Waals surface area contributed by atoms with Crippen molar-refractivity contribution < 1.29 is 0 Å². The van der Waals surface area contributed by atoms with Gasteiger partial charge in [-0.25, -0.2) is 9.97 Å². The Morgan fingerprint density at radius 1 is 1.11 bits per heavy atom. The Morgan fingerprint density at radius 2 is 1.78 bits per heavy atom. The summed E-state index contributed by atoms with van der Waals surface area (Å²) in [6, 6.07) is 10.5. The second-order valence-electron chi connectivity index (χ2n) is 4.64. The van der Waals surface area contributed by atoms with Gasteiger partial charge < -0.3 is 0 Å². The molecule has 0 unspecified atom stereocenters. The molecular formula is C15H17BrN2. The van der Waals surface area contributed by atoms with E-state index in [-0.39, 0.29) is 0 Å².